The molecule has 0 radical (unpaired) electrons. The first-order valence-electron chi connectivity index (χ1n) is 9.79. The van der Waals surface area contributed by atoms with Crippen molar-refractivity contribution in [2.75, 3.05) is 0 Å². The van der Waals surface area contributed by atoms with Crippen molar-refractivity contribution in [3.8, 4) is 0 Å². The third-order valence-corrected chi connectivity index (χ3v) is 12.1. The van der Waals surface area contributed by atoms with Gasteiger partial charge in [0.1, 0.15) is 0 Å². The number of rotatable bonds is 4. The van der Waals surface area contributed by atoms with Crippen molar-refractivity contribution in [2.24, 2.45) is 0 Å². The Balaban J connectivity index is 2.01. The lowest BCUT2D eigenvalue weighted by atomic mass is 10.0. The van der Waals surface area contributed by atoms with Crippen LogP contribution in [-0.4, -0.2) is 8.07 Å². The molecule has 3 aromatic rings. The summed E-state index contributed by atoms with van der Waals surface area (Å²) < 4.78 is 0. The van der Waals surface area contributed by atoms with Crippen molar-refractivity contribution in [2.45, 2.75) is 37.6 Å². The molecule has 0 aliphatic heterocycles. The summed E-state index contributed by atoms with van der Waals surface area (Å²) in [6, 6.07) is 28.5. The highest BCUT2D eigenvalue weighted by Gasteiger charge is 2.46. The lowest BCUT2D eigenvalue weighted by Gasteiger charge is -2.42. The van der Waals surface area contributed by atoms with E-state index in [1.165, 1.54) is 47.7 Å². The second kappa shape index (κ2) is 8.22. The Bertz CT molecular complexity index is 821. The molecule has 4 rings (SSSR count). The molecule has 0 unspecified atom stereocenters. The van der Waals surface area contributed by atoms with Crippen LogP contribution in [0.1, 0.15) is 32.1 Å². The minimum atomic E-state index is -2.19. The SMILES string of the molecule is Clc1ccc([Si](c2ccccc2)(c2ccc(Cl)cc2)C2CCCCC2)cc1. The standard InChI is InChI=1S/C24H24Cl2Si/c25-19-11-15-23(16-12-19)27(21-7-3-1-4-8-21,22-9-5-2-6-10-22)24-17-13-20(26)14-18-24/h1,3-4,7-8,11-18,22H,2,5-6,9-10H2. The summed E-state index contributed by atoms with van der Waals surface area (Å²) in [6.07, 6.45) is 6.61. The molecule has 0 spiro atoms. The van der Waals surface area contributed by atoms with Crippen LogP contribution in [-0.2, 0) is 0 Å². The minimum absolute atomic E-state index is 0.691. The van der Waals surface area contributed by atoms with Crippen molar-refractivity contribution < 1.29 is 0 Å². The van der Waals surface area contributed by atoms with Crippen LogP contribution in [0.25, 0.3) is 0 Å². The lowest BCUT2D eigenvalue weighted by molar-refractivity contribution is 0.497. The summed E-state index contributed by atoms with van der Waals surface area (Å²) in [5, 5.41) is 5.99. The molecule has 0 atom stereocenters. The van der Waals surface area contributed by atoms with Gasteiger partial charge in [-0.2, -0.15) is 0 Å². The molecule has 0 saturated heterocycles. The summed E-state index contributed by atoms with van der Waals surface area (Å²) >= 11 is 12.5. The quantitative estimate of drug-likeness (QED) is 0.376. The minimum Gasteiger partial charge on any atom is -0.0843 e. The highest BCUT2D eigenvalue weighted by atomic mass is 35.5. The van der Waals surface area contributed by atoms with Crippen LogP contribution in [0.15, 0.2) is 78.9 Å². The van der Waals surface area contributed by atoms with Gasteiger partial charge >= 0.3 is 0 Å². The van der Waals surface area contributed by atoms with Crippen molar-refractivity contribution >= 4 is 46.8 Å². The first kappa shape index (κ1) is 18.8. The van der Waals surface area contributed by atoms with Gasteiger partial charge in [0.2, 0.25) is 0 Å². The zero-order valence-corrected chi connectivity index (χ0v) is 17.9. The lowest BCUT2D eigenvalue weighted by Crippen LogP contribution is -2.70. The van der Waals surface area contributed by atoms with Gasteiger partial charge in [-0.25, -0.2) is 0 Å². The van der Waals surface area contributed by atoms with E-state index in [9.17, 15) is 0 Å². The third-order valence-electron chi connectivity index (χ3n) is 6.05. The Morgan fingerprint density at radius 3 is 1.48 bits per heavy atom. The van der Waals surface area contributed by atoms with Crippen LogP contribution in [0.3, 0.4) is 0 Å². The maximum atomic E-state index is 6.26. The Kier molecular flexibility index (Phi) is 5.73. The molecular formula is C24H24Cl2Si. The van der Waals surface area contributed by atoms with E-state index in [0.29, 0.717) is 5.54 Å². The van der Waals surface area contributed by atoms with Gasteiger partial charge in [0.15, 0.2) is 8.07 Å². The summed E-state index contributed by atoms with van der Waals surface area (Å²) in [4.78, 5) is 0. The topological polar surface area (TPSA) is 0 Å². The number of halogens is 2. The van der Waals surface area contributed by atoms with Gasteiger partial charge in [-0.05, 0) is 45.4 Å². The molecule has 3 aromatic carbocycles. The molecule has 0 heterocycles. The zero-order valence-electron chi connectivity index (χ0n) is 15.4. The third kappa shape index (κ3) is 3.61. The maximum Gasteiger partial charge on any atom is 0.151 e. The van der Waals surface area contributed by atoms with E-state index in [0.717, 1.165) is 10.0 Å². The first-order valence-corrected chi connectivity index (χ1v) is 12.6. The molecule has 1 fully saturated rings. The second-order valence-corrected chi connectivity index (χ2v) is 12.6. The van der Waals surface area contributed by atoms with Crippen LogP contribution in [0.2, 0.25) is 15.6 Å². The average molecular weight is 411 g/mol. The highest BCUT2D eigenvalue weighted by Crippen LogP contribution is 2.37. The second-order valence-electron chi connectivity index (χ2n) is 7.52. The van der Waals surface area contributed by atoms with E-state index in [-0.39, 0.29) is 0 Å². The molecule has 0 nitrogen and oxygen atoms in total. The van der Waals surface area contributed by atoms with Crippen molar-refractivity contribution in [3.05, 3.63) is 88.9 Å². The van der Waals surface area contributed by atoms with E-state index in [1.54, 1.807) is 0 Å². The van der Waals surface area contributed by atoms with Crippen molar-refractivity contribution in [3.63, 3.8) is 0 Å². The van der Waals surface area contributed by atoms with Gasteiger partial charge in [-0.15, -0.1) is 0 Å². The van der Waals surface area contributed by atoms with Crippen LogP contribution in [0.5, 0.6) is 0 Å². The summed E-state index contributed by atoms with van der Waals surface area (Å²) in [5.74, 6) is 0. The molecular weight excluding hydrogens is 387 g/mol. The molecule has 0 bridgehead atoms. The van der Waals surface area contributed by atoms with Gasteiger partial charge in [0, 0.05) is 10.0 Å². The van der Waals surface area contributed by atoms with Crippen LogP contribution in [0.4, 0.5) is 0 Å². The highest BCUT2D eigenvalue weighted by molar-refractivity contribution is 7.12. The number of hydrogen-bond donors (Lipinski definition) is 0. The predicted octanol–water partition coefficient (Wildman–Crippen LogP) is 5.80. The van der Waals surface area contributed by atoms with Crippen molar-refractivity contribution in [1.82, 2.24) is 0 Å². The normalized spacial score (nSPS) is 15.6. The molecule has 3 heteroatoms. The predicted molar refractivity (Wildman–Crippen MR) is 121 cm³/mol. The fraction of sp³-hybridized carbons (Fsp3) is 0.250. The van der Waals surface area contributed by atoms with Crippen molar-refractivity contribution in [1.29, 1.82) is 0 Å². The van der Waals surface area contributed by atoms with Gasteiger partial charge in [0.05, 0.1) is 0 Å². The Morgan fingerprint density at radius 1 is 0.556 bits per heavy atom. The summed E-state index contributed by atoms with van der Waals surface area (Å²) in [5.41, 5.74) is 0.691. The molecule has 138 valence electrons. The van der Waals surface area contributed by atoms with Crippen LogP contribution >= 0.6 is 23.2 Å². The zero-order chi connectivity index (χ0) is 18.7. The van der Waals surface area contributed by atoms with Gasteiger partial charge in [0.25, 0.3) is 0 Å². The van der Waals surface area contributed by atoms with Gasteiger partial charge in [-0.3, -0.25) is 0 Å². The molecule has 1 aliphatic rings. The molecule has 0 amide bonds. The largest absolute Gasteiger partial charge is 0.151 e. The average Bonchev–Trinajstić information content (AvgIpc) is 2.73. The smallest absolute Gasteiger partial charge is 0.0843 e. The molecule has 27 heavy (non-hydrogen) atoms. The Hall–Kier alpha value is -1.54. The van der Waals surface area contributed by atoms with E-state index < -0.39 is 8.07 Å². The summed E-state index contributed by atoms with van der Waals surface area (Å²) in [7, 11) is -2.19. The molecule has 0 N–H and O–H groups in total. The van der Waals surface area contributed by atoms with Gasteiger partial charge < -0.3 is 0 Å². The van der Waals surface area contributed by atoms with Crippen LogP contribution < -0.4 is 15.6 Å². The molecule has 1 saturated carbocycles. The number of benzene rings is 3. The fourth-order valence-corrected chi connectivity index (χ4v) is 10.9. The van der Waals surface area contributed by atoms with Crippen LogP contribution in [0, 0.1) is 0 Å². The van der Waals surface area contributed by atoms with Gasteiger partial charge in [-0.1, -0.05) is 110 Å². The fourth-order valence-electron chi connectivity index (χ4n) is 4.87. The monoisotopic (exact) mass is 410 g/mol. The van der Waals surface area contributed by atoms with E-state index in [2.05, 4.69) is 78.9 Å². The summed E-state index contributed by atoms with van der Waals surface area (Å²) in [6.45, 7) is 0. The molecule has 0 aromatic heterocycles. The Morgan fingerprint density at radius 2 is 1.00 bits per heavy atom. The first-order chi connectivity index (χ1) is 13.2. The maximum absolute atomic E-state index is 6.26. The van der Waals surface area contributed by atoms with E-state index in [1.807, 2.05) is 0 Å². The Labute approximate surface area is 173 Å². The van der Waals surface area contributed by atoms with E-state index >= 15 is 0 Å². The van der Waals surface area contributed by atoms with E-state index in [4.69, 9.17) is 23.2 Å². The molecule has 1 aliphatic carbocycles. The number of hydrogen-bond acceptors (Lipinski definition) is 0.